The van der Waals surface area contributed by atoms with Gasteiger partial charge in [0.05, 0.1) is 5.69 Å². The monoisotopic (exact) mass is 233 g/mol. The maximum absolute atomic E-state index is 5.64. The summed E-state index contributed by atoms with van der Waals surface area (Å²) in [6, 6.07) is 4.22. The van der Waals surface area contributed by atoms with E-state index >= 15 is 0 Å². The summed E-state index contributed by atoms with van der Waals surface area (Å²) in [6.07, 6.45) is 5.72. The summed E-state index contributed by atoms with van der Waals surface area (Å²) in [5, 5.41) is 0. The molecule has 0 amide bonds. The van der Waals surface area contributed by atoms with Crippen molar-refractivity contribution in [2.24, 2.45) is 11.1 Å². The predicted octanol–water partition coefficient (Wildman–Crippen LogP) is 2.56. The molecule has 0 unspecified atom stereocenters. The minimum Gasteiger partial charge on any atom is -0.371 e. The number of nitrogens with two attached hydrogens (primary N) is 1. The average Bonchev–Trinajstić information content (AvgIpc) is 2.84. The first-order chi connectivity index (χ1) is 8.23. The van der Waals surface area contributed by atoms with Crippen molar-refractivity contribution >= 4 is 5.69 Å². The number of hydrogen-bond donors (Lipinski definition) is 1. The maximum Gasteiger partial charge on any atom is 0.0560 e. The van der Waals surface area contributed by atoms with E-state index in [1.807, 2.05) is 6.20 Å². The number of anilines is 1. The van der Waals surface area contributed by atoms with Crippen molar-refractivity contribution in [3.05, 3.63) is 24.0 Å². The van der Waals surface area contributed by atoms with Gasteiger partial charge in [-0.05, 0) is 36.8 Å². The standard InChI is InChI=1S/C14H23N3/c1-3-14(4-2)6-8-17(11-14)13-5-7-16-12(9-13)10-15/h5,7,9H,3-4,6,8,10-11,15H2,1-2H3. The van der Waals surface area contributed by atoms with E-state index in [1.54, 1.807) is 0 Å². The van der Waals surface area contributed by atoms with Gasteiger partial charge < -0.3 is 10.6 Å². The van der Waals surface area contributed by atoms with Crippen molar-refractivity contribution in [2.45, 2.75) is 39.7 Å². The highest BCUT2D eigenvalue weighted by atomic mass is 15.2. The molecule has 1 aromatic heterocycles. The van der Waals surface area contributed by atoms with Crippen LogP contribution in [0.15, 0.2) is 18.3 Å². The van der Waals surface area contributed by atoms with Crippen molar-refractivity contribution in [1.29, 1.82) is 0 Å². The average molecular weight is 233 g/mol. The van der Waals surface area contributed by atoms with Crippen molar-refractivity contribution in [3.63, 3.8) is 0 Å². The fraction of sp³-hybridized carbons (Fsp3) is 0.643. The molecular weight excluding hydrogens is 210 g/mol. The first-order valence-corrected chi connectivity index (χ1v) is 6.63. The highest BCUT2D eigenvalue weighted by molar-refractivity contribution is 5.48. The van der Waals surface area contributed by atoms with E-state index in [-0.39, 0.29) is 0 Å². The zero-order chi connectivity index (χ0) is 12.3. The van der Waals surface area contributed by atoms with Crippen LogP contribution in [0.3, 0.4) is 0 Å². The molecule has 94 valence electrons. The number of nitrogens with zero attached hydrogens (tertiary/aromatic N) is 2. The van der Waals surface area contributed by atoms with E-state index in [0.717, 1.165) is 12.2 Å². The molecule has 0 atom stereocenters. The van der Waals surface area contributed by atoms with Crippen LogP contribution in [-0.4, -0.2) is 18.1 Å². The van der Waals surface area contributed by atoms with E-state index in [0.29, 0.717) is 12.0 Å². The van der Waals surface area contributed by atoms with Gasteiger partial charge in [-0.3, -0.25) is 4.98 Å². The Labute approximate surface area is 104 Å². The Morgan fingerprint density at radius 1 is 1.41 bits per heavy atom. The van der Waals surface area contributed by atoms with Gasteiger partial charge in [-0.2, -0.15) is 0 Å². The maximum atomic E-state index is 5.64. The Balaban J connectivity index is 2.14. The first kappa shape index (κ1) is 12.4. The number of aromatic nitrogens is 1. The largest absolute Gasteiger partial charge is 0.371 e. The molecule has 1 saturated heterocycles. The first-order valence-electron chi connectivity index (χ1n) is 6.63. The molecule has 0 saturated carbocycles. The lowest BCUT2D eigenvalue weighted by atomic mass is 9.82. The van der Waals surface area contributed by atoms with E-state index in [4.69, 9.17) is 5.73 Å². The van der Waals surface area contributed by atoms with E-state index in [2.05, 4.69) is 35.9 Å². The Bertz CT molecular complexity index is 371. The summed E-state index contributed by atoms with van der Waals surface area (Å²) in [4.78, 5) is 6.73. The SMILES string of the molecule is CCC1(CC)CCN(c2ccnc(CN)c2)C1. The smallest absolute Gasteiger partial charge is 0.0560 e. The lowest BCUT2D eigenvalue weighted by molar-refractivity contribution is 0.301. The van der Waals surface area contributed by atoms with Gasteiger partial charge in [0.1, 0.15) is 0 Å². The van der Waals surface area contributed by atoms with Crippen LogP contribution in [0, 0.1) is 5.41 Å². The molecule has 0 aromatic carbocycles. The van der Waals surface area contributed by atoms with Crippen molar-refractivity contribution < 1.29 is 0 Å². The molecule has 1 aromatic rings. The molecule has 17 heavy (non-hydrogen) atoms. The molecule has 2 heterocycles. The third-order valence-corrected chi connectivity index (χ3v) is 4.31. The molecule has 0 radical (unpaired) electrons. The normalized spacial score (nSPS) is 18.6. The Morgan fingerprint density at radius 2 is 2.18 bits per heavy atom. The summed E-state index contributed by atoms with van der Waals surface area (Å²) in [7, 11) is 0. The van der Waals surface area contributed by atoms with E-state index in [1.165, 1.54) is 31.5 Å². The van der Waals surface area contributed by atoms with E-state index < -0.39 is 0 Å². The minimum atomic E-state index is 0.520. The Morgan fingerprint density at radius 3 is 2.76 bits per heavy atom. The van der Waals surface area contributed by atoms with Crippen molar-refractivity contribution in [2.75, 3.05) is 18.0 Å². The third kappa shape index (κ3) is 2.44. The molecule has 1 aliphatic rings. The summed E-state index contributed by atoms with van der Waals surface area (Å²) < 4.78 is 0. The summed E-state index contributed by atoms with van der Waals surface area (Å²) >= 11 is 0. The Kier molecular flexibility index (Phi) is 3.67. The van der Waals surface area contributed by atoms with E-state index in [9.17, 15) is 0 Å². The second kappa shape index (κ2) is 5.05. The lowest BCUT2D eigenvalue weighted by Gasteiger charge is -2.27. The zero-order valence-corrected chi connectivity index (χ0v) is 10.9. The van der Waals surface area contributed by atoms with Crippen LogP contribution in [0.4, 0.5) is 5.69 Å². The highest BCUT2D eigenvalue weighted by Crippen LogP contribution is 2.38. The number of hydrogen-bond acceptors (Lipinski definition) is 3. The molecule has 3 heteroatoms. The fourth-order valence-corrected chi connectivity index (χ4v) is 2.76. The molecule has 2 rings (SSSR count). The summed E-state index contributed by atoms with van der Waals surface area (Å²) in [6.45, 7) is 7.48. The van der Waals surface area contributed by atoms with Gasteiger partial charge >= 0.3 is 0 Å². The van der Waals surface area contributed by atoms with Crippen molar-refractivity contribution in [3.8, 4) is 0 Å². The molecule has 0 bridgehead atoms. The van der Waals surface area contributed by atoms with Crippen LogP contribution < -0.4 is 10.6 Å². The molecule has 1 fully saturated rings. The lowest BCUT2D eigenvalue weighted by Crippen LogP contribution is -2.26. The van der Waals surface area contributed by atoms with Gasteiger partial charge in [-0.1, -0.05) is 13.8 Å². The minimum absolute atomic E-state index is 0.520. The second-order valence-corrected chi connectivity index (χ2v) is 5.09. The number of rotatable bonds is 4. The van der Waals surface area contributed by atoms with Crippen molar-refractivity contribution in [1.82, 2.24) is 4.98 Å². The van der Waals surface area contributed by atoms with Gasteiger partial charge in [-0.25, -0.2) is 0 Å². The van der Waals surface area contributed by atoms with Crippen LogP contribution in [0.2, 0.25) is 0 Å². The summed E-state index contributed by atoms with van der Waals surface area (Å²) in [5.74, 6) is 0. The van der Waals surface area contributed by atoms with Crippen LogP contribution >= 0.6 is 0 Å². The quantitative estimate of drug-likeness (QED) is 0.869. The van der Waals surface area contributed by atoms with Gasteiger partial charge in [0.15, 0.2) is 0 Å². The second-order valence-electron chi connectivity index (χ2n) is 5.09. The van der Waals surface area contributed by atoms with Crippen LogP contribution in [0.5, 0.6) is 0 Å². The molecule has 0 spiro atoms. The Hall–Kier alpha value is -1.09. The molecule has 0 aliphatic carbocycles. The van der Waals surface area contributed by atoms with Gasteiger partial charge in [-0.15, -0.1) is 0 Å². The zero-order valence-electron chi connectivity index (χ0n) is 10.9. The molecule has 2 N–H and O–H groups in total. The van der Waals surface area contributed by atoms with Crippen LogP contribution in [0.1, 0.15) is 38.8 Å². The number of pyridine rings is 1. The van der Waals surface area contributed by atoms with Crippen LogP contribution in [-0.2, 0) is 6.54 Å². The van der Waals surface area contributed by atoms with Gasteiger partial charge in [0.25, 0.3) is 0 Å². The summed E-state index contributed by atoms with van der Waals surface area (Å²) in [5.41, 5.74) is 8.42. The van der Waals surface area contributed by atoms with Crippen LogP contribution in [0.25, 0.3) is 0 Å². The fourth-order valence-electron chi connectivity index (χ4n) is 2.76. The molecule has 3 nitrogen and oxygen atoms in total. The highest BCUT2D eigenvalue weighted by Gasteiger charge is 2.34. The topological polar surface area (TPSA) is 42.2 Å². The van der Waals surface area contributed by atoms with Gasteiger partial charge in [0, 0.05) is 31.5 Å². The molecule has 1 aliphatic heterocycles. The third-order valence-electron chi connectivity index (χ3n) is 4.31. The predicted molar refractivity (Wildman–Crippen MR) is 72.0 cm³/mol. The molecular formula is C14H23N3. The van der Waals surface area contributed by atoms with Gasteiger partial charge in [0.2, 0.25) is 0 Å².